The zero-order valence-electron chi connectivity index (χ0n) is 3.70. The van der Waals surface area contributed by atoms with Crippen molar-refractivity contribution in [3.63, 3.8) is 0 Å². The molecular formula is C4H9N2+. The lowest BCUT2D eigenvalue weighted by molar-refractivity contribution is 1.06. The third-order valence-electron chi connectivity index (χ3n) is 0.446. The predicted octanol–water partition coefficient (Wildman–Crippen LogP) is 0.537. The normalized spacial score (nSPS) is 8.00. The second kappa shape index (κ2) is 2.57. The van der Waals surface area contributed by atoms with Gasteiger partial charge in [-0.2, -0.15) is 0 Å². The van der Waals surface area contributed by atoms with Gasteiger partial charge in [0, 0.05) is 6.42 Å². The van der Waals surface area contributed by atoms with Crippen LogP contribution < -0.4 is 5.73 Å². The van der Waals surface area contributed by atoms with E-state index in [-0.39, 0.29) is 5.84 Å². The number of nitrogens with two attached hydrogens (primary N) is 1. The van der Waals surface area contributed by atoms with Crippen molar-refractivity contribution in [2.45, 2.75) is 12.8 Å². The number of amidine groups is 1. The summed E-state index contributed by atoms with van der Waals surface area (Å²) in [5.41, 5.74) is 4.95. The van der Waals surface area contributed by atoms with E-state index in [1.807, 2.05) is 0 Å². The highest BCUT2D eigenvalue weighted by Gasteiger charge is 1.84. The number of rotatable bonds is 2. The fraction of sp³-hybridized carbons (Fsp3) is 0.500. The average Bonchev–Trinajstić information content (AvgIpc) is 1.35. The van der Waals surface area contributed by atoms with Crippen LogP contribution in [0, 0.1) is 12.3 Å². The maximum Gasteiger partial charge on any atom is 0.0948 e. The largest absolute Gasteiger partial charge is 0.388 e. The summed E-state index contributed by atoms with van der Waals surface area (Å²) >= 11 is 0. The maximum atomic E-state index is 6.63. The molecule has 0 aliphatic carbocycles. The van der Waals surface area contributed by atoms with Crippen LogP contribution in [0.25, 0.3) is 0 Å². The van der Waals surface area contributed by atoms with Crippen LogP contribution >= 0.6 is 0 Å². The summed E-state index contributed by atoms with van der Waals surface area (Å²) in [5, 5.41) is 6.63. The van der Waals surface area contributed by atoms with Crippen LogP contribution in [0.2, 0.25) is 0 Å². The first-order chi connectivity index (χ1) is 2.77. The molecule has 0 spiro atoms. The summed E-state index contributed by atoms with van der Waals surface area (Å²) in [6.07, 6.45) is 1.36. The van der Waals surface area contributed by atoms with Gasteiger partial charge in [0.2, 0.25) is 0 Å². The third kappa shape index (κ3) is 3.34. The second-order valence-electron chi connectivity index (χ2n) is 1.13. The molecule has 0 aromatic rings. The standard InChI is InChI=1S/C4H9N2/c1-2-3-4(5)6/h1-3H2,(H3,5,6)/q+1. The van der Waals surface area contributed by atoms with E-state index in [9.17, 15) is 0 Å². The minimum absolute atomic E-state index is 0.227. The molecule has 0 aromatic carbocycles. The van der Waals surface area contributed by atoms with Gasteiger partial charge in [-0.15, -0.1) is 0 Å². The Bertz CT molecular complexity index is 49.5. The third-order valence-corrected chi connectivity index (χ3v) is 0.446. The fourth-order valence-corrected chi connectivity index (χ4v) is 0.190. The molecule has 0 aromatic heterocycles. The summed E-state index contributed by atoms with van der Waals surface area (Å²) in [6.45, 7) is 3.50. The first-order valence-corrected chi connectivity index (χ1v) is 1.89. The second-order valence-corrected chi connectivity index (χ2v) is 1.13. The van der Waals surface area contributed by atoms with Crippen LogP contribution in [0.1, 0.15) is 12.8 Å². The van der Waals surface area contributed by atoms with Gasteiger partial charge in [-0.05, 0) is 0 Å². The Morgan fingerprint density at radius 2 is 2.33 bits per heavy atom. The van der Waals surface area contributed by atoms with E-state index in [2.05, 4.69) is 6.92 Å². The van der Waals surface area contributed by atoms with Crippen molar-refractivity contribution >= 4 is 5.84 Å². The van der Waals surface area contributed by atoms with Gasteiger partial charge in [0.1, 0.15) is 0 Å². The minimum Gasteiger partial charge on any atom is -0.388 e. The maximum absolute atomic E-state index is 6.63. The predicted molar refractivity (Wildman–Crippen MR) is 26.5 cm³/mol. The molecule has 0 heterocycles. The Morgan fingerprint density at radius 3 is 2.33 bits per heavy atom. The van der Waals surface area contributed by atoms with Crippen LogP contribution in [0.3, 0.4) is 0 Å². The van der Waals surface area contributed by atoms with E-state index < -0.39 is 0 Å². The first kappa shape index (κ1) is 5.34. The Balaban J connectivity index is 2.83. The topological polar surface area (TPSA) is 49.9 Å². The molecule has 0 aliphatic rings. The SMILES string of the molecule is [CH2+]CCC(=N)N. The number of hydrogen-bond acceptors (Lipinski definition) is 1. The Kier molecular flexibility index (Phi) is 2.29. The molecule has 34 valence electrons. The highest BCUT2D eigenvalue weighted by atomic mass is 14.7. The molecule has 0 radical (unpaired) electrons. The highest BCUT2D eigenvalue weighted by Crippen LogP contribution is 1.79. The molecule has 2 heteroatoms. The van der Waals surface area contributed by atoms with Crippen molar-refractivity contribution in [1.82, 2.24) is 0 Å². The van der Waals surface area contributed by atoms with Crippen molar-refractivity contribution in [2.24, 2.45) is 5.73 Å². The zero-order chi connectivity index (χ0) is 4.99. The van der Waals surface area contributed by atoms with Crippen LogP contribution in [-0.2, 0) is 0 Å². The van der Waals surface area contributed by atoms with Gasteiger partial charge in [0.05, 0.1) is 19.2 Å². The Labute approximate surface area is 37.9 Å². The van der Waals surface area contributed by atoms with Gasteiger partial charge >= 0.3 is 0 Å². The van der Waals surface area contributed by atoms with E-state index in [1.165, 1.54) is 0 Å². The van der Waals surface area contributed by atoms with Crippen molar-refractivity contribution in [1.29, 1.82) is 5.41 Å². The lowest BCUT2D eigenvalue weighted by Crippen LogP contribution is -2.07. The molecule has 0 aliphatic heterocycles. The fourth-order valence-electron chi connectivity index (χ4n) is 0.190. The van der Waals surface area contributed by atoms with Crippen molar-refractivity contribution < 1.29 is 0 Å². The van der Waals surface area contributed by atoms with Crippen LogP contribution in [-0.4, -0.2) is 5.84 Å². The lowest BCUT2D eigenvalue weighted by Gasteiger charge is -1.81. The minimum atomic E-state index is 0.227. The van der Waals surface area contributed by atoms with Gasteiger partial charge in [0.25, 0.3) is 0 Å². The lowest BCUT2D eigenvalue weighted by atomic mass is 10.3. The molecule has 2 nitrogen and oxygen atoms in total. The summed E-state index contributed by atoms with van der Waals surface area (Å²) in [4.78, 5) is 0. The van der Waals surface area contributed by atoms with Gasteiger partial charge in [0.15, 0.2) is 0 Å². The summed E-state index contributed by atoms with van der Waals surface area (Å²) in [6, 6.07) is 0. The highest BCUT2D eigenvalue weighted by molar-refractivity contribution is 5.76. The molecule has 0 fully saturated rings. The summed E-state index contributed by atoms with van der Waals surface area (Å²) in [5.74, 6) is 0.227. The van der Waals surface area contributed by atoms with Gasteiger partial charge in [-0.25, -0.2) is 0 Å². The van der Waals surface area contributed by atoms with Crippen LogP contribution in [0.15, 0.2) is 0 Å². The molecule has 6 heavy (non-hydrogen) atoms. The molecule has 0 unspecified atom stereocenters. The van der Waals surface area contributed by atoms with E-state index in [4.69, 9.17) is 11.1 Å². The summed E-state index contributed by atoms with van der Waals surface area (Å²) in [7, 11) is 0. The molecule has 0 amide bonds. The Hall–Kier alpha value is -0.660. The molecule has 0 saturated carbocycles. The first-order valence-electron chi connectivity index (χ1n) is 1.89. The molecule has 0 bridgehead atoms. The Morgan fingerprint density at radius 1 is 1.83 bits per heavy atom. The van der Waals surface area contributed by atoms with Gasteiger partial charge in [-0.3, -0.25) is 5.41 Å². The van der Waals surface area contributed by atoms with Gasteiger partial charge in [-0.1, -0.05) is 0 Å². The average molecular weight is 85.1 g/mol. The van der Waals surface area contributed by atoms with E-state index in [0.717, 1.165) is 6.42 Å². The summed E-state index contributed by atoms with van der Waals surface area (Å²) < 4.78 is 0. The van der Waals surface area contributed by atoms with E-state index in [0.29, 0.717) is 6.42 Å². The smallest absolute Gasteiger partial charge is 0.0948 e. The van der Waals surface area contributed by atoms with E-state index in [1.54, 1.807) is 0 Å². The molecule has 0 saturated heterocycles. The monoisotopic (exact) mass is 85.1 g/mol. The number of nitrogens with one attached hydrogen (secondary N) is 1. The van der Waals surface area contributed by atoms with Crippen molar-refractivity contribution in [3.8, 4) is 0 Å². The van der Waals surface area contributed by atoms with Crippen molar-refractivity contribution in [2.75, 3.05) is 0 Å². The molecule has 3 N–H and O–H groups in total. The molecular weight excluding hydrogens is 76.1 g/mol. The molecule has 0 atom stereocenters. The van der Waals surface area contributed by atoms with Crippen LogP contribution in [0.4, 0.5) is 0 Å². The van der Waals surface area contributed by atoms with Gasteiger partial charge < -0.3 is 5.73 Å². The molecule has 0 rings (SSSR count). The zero-order valence-corrected chi connectivity index (χ0v) is 3.70. The number of hydrogen-bond donors (Lipinski definition) is 2. The van der Waals surface area contributed by atoms with E-state index >= 15 is 0 Å². The van der Waals surface area contributed by atoms with Crippen molar-refractivity contribution in [3.05, 3.63) is 6.92 Å². The quantitative estimate of drug-likeness (QED) is 0.287. The van der Waals surface area contributed by atoms with Crippen LogP contribution in [0.5, 0.6) is 0 Å².